The van der Waals surface area contributed by atoms with Crippen LogP contribution in [0, 0.1) is 10.1 Å². The Bertz CT molecular complexity index is 2440. The predicted octanol–water partition coefficient (Wildman–Crippen LogP) is 6.56. The zero-order valence-corrected chi connectivity index (χ0v) is 31.2. The van der Waals surface area contributed by atoms with Gasteiger partial charge in [0.15, 0.2) is 11.5 Å². The number of nitrogens with one attached hydrogen (secondary N) is 2. The van der Waals surface area contributed by atoms with Gasteiger partial charge in [0.05, 0.1) is 9.82 Å². The number of piperazine rings is 1. The molecular formula is C40H37N7O6S2. The molecule has 1 aromatic heterocycles. The minimum atomic E-state index is -4.47. The second kappa shape index (κ2) is 16.5. The van der Waals surface area contributed by atoms with Crippen molar-refractivity contribution < 1.29 is 23.2 Å². The Labute approximate surface area is 322 Å². The lowest BCUT2D eigenvalue weighted by atomic mass is 9.94. The summed E-state index contributed by atoms with van der Waals surface area (Å²) in [4.78, 5) is 29.2. The standard InChI is InChI=1S/C40H37N7O6S2/c48-30-8-6-7-28(25-30)34-15-13-29(33-11-4-5-12-35(33)34)27-45-20-22-46(23-21-45)39-18-17-37(42-43-39)40(49)44-55(52,53)32-14-16-36(38(26-32)47(50)51)41-19-24-54-31-9-2-1-3-10-31/h1-18,25-26,41,48H,19-24,27H2,(H,44,49). The highest BCUT2D eigenvalue weighted by Gasteiger charge is 2.25. The molecule has 280 valence electrons. The maximum atomic E-state index is 13.1. The van der Waals surface area contributed by atoms with Gasteiger partial charge in [-0.1, -0.05) is 66.7 Å². The molecule has 55 heavy (non-hydrogen) atoms. The third kappa shape index (κ3) is 8.86. The summed E-state index contributed by atoms with van der Waals surface area (Å²) in [6.07, 6.45) is 0. The number of carbonyl (C=O) groups excluding carboxylic acids is 1. The molecule has 0 unspecified atom stereocenters. The van der Waals surface area contributed by atoms with Gasteiger partial charge in [0.1, 0.15) is 11.4 Å². The first kappa shape index (κ1) is 37.3. The largest absolute Gasteiger partial charge is 0.508 e. The summed E-state index contributed by atoms with van der Waals surface area (Å²) in [5.41, 5.74) is 2.74. The number of sulfonamides is 1. The molecule has 0 radical (unpaired) electrons. The third-order valence-corrected chi connectivity index (χ3v) is 11.6. The quantitative estimate of drug-likeness (QED) is 0.0501. The van der Waals surface area contributed by atoms with Crippen LogP contribution in [0.3, 0.4) is 0 Å². The Balaban J connectivity index is 0.940. The molecule has 6 aromatic rings. The lowest BCUT2D eigenvalue weighted by molar-refractivity contribution is -0.384. The van der Waals surface area contributed by atoms with Crippen molar-refractivity contribution in [3.8, 4) is 16.9 Å². The Hall–Kier alpha value is -6.03. The summed E-state index contributed by atoms with van der Waals surface area (Å²) in [7, 11) is -4.47. The molecule has 1 aliphatic rings. The molecule has 0 spiro atoms. The zero-order chi connectivity index (χ0) is 38.4. The van der Waals surface area contributed by atoms with Crippen LogP contribution >= 0.6 is 11.8 Å². The van der Waals surface area contributed by atoms with Gasteiger partial charge in [-0.25, -0.2) is 13.1 Å². The number of amides is 1. The van der Waals surface area contributed by atoms with E-state index in [1.807, 2.05) is 59.3 Å². The molecule has 1 saturated heterocycles. The topological polar surface area (TPSA) is 171 Å². The van der Waals surface area contributed by atoms with Crippen molar-refractivity contribution in [2.45, 2.75) is 16.3 Å². The molecule has 13 nitrogen and oxygen atoms in total. The van der Waals surface area contributed by atoms with Gasteiger partial charge in [-0.3, -0.25) is 19.8 Å². The minimum absolute atomic E-state index is 0.166. The maximum absolute atomic E-state index is 13.1. The molecule has 0 aliphatic carbocycles. The van der Waals surface area contributed by atoms with Crippen LogP contribution in [0.4, 0.5) is 17.2 Å². The first-order valence-corrected chi connectivity index (χ1v) is 20.0. The van der Waals surface area contributed by atoms with Crippen LogP contribution in [0.25, 0.3) is 21.9 Å². The lowest BCUT2D eigenvalue weighted by Gasteiger charge is -2.35. The summed E-state index contributed by atoms with van der Waals surface area (Å²) in [5, 5.41) is 35.3. The summed E-state index contributed by atoms with van der Waals surface area (Å²) < 4.78 is 28.2. The van der Waals surface area contributed by atoms with E-state index in [0.717, 1.165) is 52.5 Å². The number of aromatic nitrogens is 2. The van der Waals surface area contributed by atoms with E-state index >= 15 is 0 Å². The number of hydrogen-bond acceptors (Lipinski definition) is 12. The molecule has 1 amide bonds. The fourth-order valence-electron chi connectivity index (χ4n) is 6.50. The number of thioether (sulfide) groups is 1. The van der Waals surface area contributed by atoms with Crippen molar-refractivity contribution in [3.05, 3.63) is 143 Å². The number of phenols is 1. The number of carbonyl (C=O) groups is 1. The number of anilines is 2. The first-order chi connectivity index (χ1) is 26.6. The zero-order valence-electron chi connectivity index (χ0n) is 29.5. The predicted molar refractivity (Wildman–Crippen MR) is 214 cm³/mol. The highest BCUT2D eigenvalue weighted by atomic mass is 32.2. The summed E-state index contributed by atoms with van der Waals surface area (Å²) >= 11 is 1.58. The SMILES string of the molecule is O=C(NS(=O)(=O)c1ccc(NCCSc2ccccc2)c([N+](=O)[O-])c1)c1ccc(N2CCN(Cc3ccc(-c4cccc(O)c4)c4ccccc34)CC2)nn1. The van der Waals surface area contributed by atoms with Crippen LogP contribution in [-0.4, -0.2) is 77.9 Å². The van der Waals surface area contributed by atoms with E-state index in [0.29, 0.717) is 31.2 Å². The Morgan fingerprint density at radius 1 is 0.836 bits per heavy atom. The molecule has 0 atom stereocenters. The highest BCUT2D eigenvalue weighted by Crippen LogP contribution is 2.33. The molecule has 0 saturated carbocycles. The van der Waals surface area contributed by atoms with Gasteiger partial charge in [0, 0.05) is 56.0 Å². The average molecular weight is 776 g/mol. The van der Waals surface area contributed by atoms with E-state index in [2.05, 4.69) is 49.6 Å². The van der Waals surface area contributed by atoms with Crippen LogP contribution in [-0.2, 0) is 16.6 Å². The molecule has 7 rings (SSSR count). The molecule has 5 aromatic carbocycles. The molecule has 3 N–H and O–H groups in total. The fraction of sp³-hybridized carbons (Fsp3) is 0.175. The summed E-state index contributed by atoms with van der Waals surface area (Å²) in [6.45, 7) is 4.02. The van der Waals surface area contributed by atoms with Gasteiger partial charge in [0.25, 0.3) is 21.6 Å². The average Bonchev–Trinajstić information content (AvgIpc) is 3.20. The van der Waals surface area contributed by atoms with Crippen LogP contribution in [0.2, 0.25) is 0 Å². The van der Waals surface area contributed by atoms with Crippen LogP contribution in [0.5, 0.6) is 5.75 Å². The van der Waals surface area contributed by atoms with E-state index in [-0.39, 0.29) is 17.1 Å². The van der Waals surface area contributed by atoms with Crippen LogP contribution < -0.4 is 14.9 Å². The number of hydrogen-bond donors (Lipinski definition) is 3. The van der Waals surface area contributed by atoms with Crippen molar-refractivity contribution in [3.63, 3.8) is 0 Å². The smallest absolute Gasteiger partial charge is 0.293 e. The van der Waals surface area contributed by atoms with Crippen molar-refractivity contribution >= 4 is 55.7 Å². The minimum Gasteiger partial charge on any atom is -0.508 e. The second-order valence-electron chi connectivity index (χ2n) is 12.9. The van der Waals surface area contributed by atoms with E-state index < -0.39 is 31.4 Å². The Morgan fingerprint density at radius 3 is 2.33 bits per heavy atom. The number of benzene rings is 5. The molecule has 15 heteroatoms. The fourth-order valence-corrected chi connectivity index (χ4v) is 8.27. The number of aromatic hydroxyl groups is 1. The number of phenolic OH excluding ortho intramolecular Hbond substituents is 1. The maximum Gasteiger partial charge on any atom is 0.293 e. The van der Waals surface area contributed by atoms with Gasteiger partial charge in [-0.05, 0) is 76.0 Å². The Morgan fingerprint density at radius 2 is 1.60 bits per heavy atom. The summed E-state index contributed by atoms with van der Waals surface area (Å²) in [5.74, 6) is 0.406. The monoisotopic (exact) mass is 775 g/mol. The molecular weight excluding hydrogens is 739 g/mol. The normalized spacial score (nSPS) is 13.4. The van der Waals surface area contributed by atoms with Crippen LogP contribution in [0.1, 0.15) is 16.1 Å². The third-order valence-electron chi connectivity index (χ3n) is 9.28. The highest BCUT2D eigenvalue weighted by molar-refractivity contribution is 7.99. The van der Waals surface area contributed by atoms with E-state index in [1.165, 1.54) is 23.8 Å². The van der Waals surface area contributed by atoms with Crippen molar-refractivity contribution in [2.75, 3.05) is 48.7 Å². The number of fused-ring (bicyclic) bond motifs is 1. The number of nitro benzene ring substituents is 1. The lowest BCUT2D eigenvalue weighted by Crippen LogP contribution is -2.46. The number of rotatable bonds is 13. The van der Waals surface area contributed by atoms with Gasteiger partial charge < -0.3 is 15.3 Å². The summed E-state index contributed by atoms with van der Waals surface area (Å²) in [6, 6.07) is 36.0. The molecule has 1 fully saturated rings. The van der Waals surface area contributed by atoms with Gasteiger partial charge in [-0.2, -0.15) is 0 Å². The van der Waals surface area contributed by atoms with Crippen LogP contribution in [0.15, 0.2) is 131 Å². The van der Waals surface area contributed by atoms with Gasteiger partial charge in [0.2, 0.25) is 0 Å². The molecule has 2 heterocycles. The Kier molecular flexibility index (Phi) is 11.2. The van der Waals surface area contributed by atoms with Crippen molar-refractivity contribution in [1.82, 2.24) is 19.8 Å². The van der Waals surface area contributed by atoms with Crippen molar-refractivity contribution in [2.24, 2.45) is 0 Å². The second-order valence-corrected chi connectivity index (χ2v) is 15.7. The van der Waals surface area contributed by atoms with Gasteiger partial charge >= 0.3 is 0 Å². The number of nitro groups is 1. The number of nitrogens with zero attached hydrogens (tertiary/aromatic N) is 5. The van der Waals surface area contributed by atoms with E-state index in [1.54, 1.807) is 30.0 Å². The first-order valence-electron chi connectivity index (χ1n) is 17.5. The van der Waals surface area contributed by atoms with Gasteiger partial charge in [-0.15, -0.1) is 22.0 Å². The van der Waals surface area contributed by atoms with Crippen molar-refractivity contribution in [1.29, 1.82) is 0 Å². The van der Waals surface area contributed by atoms with E-state index in [4.69, 9.17) is 0 Å². The van der Waals surface area contributed by atoms with E-state index in [9.17, 15) is 28.4 Å². The molecule has 0 bridgehead atoms. The molecule has 1 aliphatic heterocycles.